The predicted molar refractivity (Wildman–Crippen MR) is 71.3 cm³/mol. The van der Waals surface area contributed by atoms with Crippen LogP contribution in [0.5, 0.6) is 0 Å². The van der Waals surface area contributed by atoms with Crippen molar-refractivity contribution in [1.82, 2.24) is 4.98 Å². The van der Waals surface area contributed by atoms with E-state index in [1.165, 1.54) is 11.9 Å². The van der Waals surface area contributed by atoms with Crippen molar-refractivity contribution in [3.63, 3.8) is 0 Å². The monoisotopic (exact) mass is 252 g/mol. The molecule has 0 radical (unpaired) electrons. The van der Waals surface area contributed by atoms with Crippen LogP contribution in [0.3, 0.4) is 0 Å². The Morgan fingerprint density at radius 1 is 1.41 bits per heavy atom. The summed E-state index contributed by atoms with van der Waals surface area (Å²) in [6.07, 6.45) is 2.64. The minimum atomic E-state index is -0.504. The van der Waals surface area contributed by atoms with Crippen molar-refractivity contribution in [1.29, 1.82) is 0 Å². The molecule has 1 aromatic heterocycles. The highest BCUT2D eigenvalue weighted by Crippen LogP contribution is 2.20. The normalized spacial score (nSPS) is 16.6. The molecular weight excluding hydrogens is 236 g/mol. The molecule has 1 fully saturated rings. The Morgan fingerprint density at radius 3 is 3.00 bits per heavy atom. The lowest BCUT2D eigenvalue weighted by atomic mass is 10.2. The Morgan fingerprint density at radius 2 is 2.24 bits per heavy atom. The first-order chi connectivity index (χ1) is 8.18. The fourth-order valence-electron chi connectivity index (χ4n) is 1.82. The summed E-state index contributed by atoms with van der Waals surface area (Å²) >= 11 is 1.94. The number of aromatic nitrogens is 1. The number of pyridine rings is 1. The Labute approximate surface area is 105 Å². The first-order valence-corrected chi connectivity index (χ1v) is 6.72. The minimum absolute atomic E-state index is 0.338. The SMILES string of the molecule is NC(=O)c1cc(N2CCCSCC2)ncc1N. The van der Waals surface area contributed by atoms with E-state index in [2.05, 4.69) is 9.88 Å². The van der Waals surface area contributed by atoms with Crippen LogP contribution in [0.2, 0.25) is 0 Å². The molecule has 0 spiro atoms. The van der Waals surface area contributed by atoms with Crippen molar-refractivity contribution >= 4 is 29.2 Å². The van der Waals surface area contributed by atoms with E-state index in [0.717, 1.165) is 31.1 Å². The van der Waals surface area contributed by atoms with Crippen LogP contribution in [0.1, 0.15) is 16.8 Å². The van der Waals surface area contributed by atoms with Crippen LogP contribution in [0, 0.1) is 0 Å². The summed E-state index contributed by atoms with van der Waals surface area (Å²) in [6, 6.07) is 1.69. The zero-order valence-electron chi connectivity index (χ0n) is 9.56. The van der Waals surface area contributed by atoms with Crippen LogP contribution >= 0.6 is 11.8 Å². The fourth-order valence-corrected chi connectivity index (χ4v) is 2.70. The summed E-state index contributed by atoms with van der Waals surface area (Å²) in [5, 5.41) is 0. The van der Waals surface area contributed by atoms with Gasteiger partial charge in [0.1, 0.15) is 5.82 Å². The van der Waals surface area contributed by atoms with E-state index in [1.54, 1.807) is 6.07 Å². The third-order valence-electron chi connectivity index (χ3n) is 2.73. The second-order valence-electron chi connectivity index (χ2n) is 3.95. The molecule has 1 aliphatic rings. The number of nitrogen functional groups attached to an aromatic ring is 1. The molecule has 0 atom stereocenters. The Kier molecular flexibility index (Phi) is 3.73. The van der Waals surface area contributed by atoms with Crippen LogP contribution in [-0.4, -0.2) is 35.5 Å². The van der Waals surface area contributed by atoms with E-state index >= 15 is 0 Å². The van der Waals surface area contributed by atoms with Crippen molar-refractivity contribution in [2.75, 3.05) is 35.2 Å². The number of nitrogens with two attached hydrogens (primary N) is 2. The van der Waals surface area contributed by atoms with Crippen LogP contribution < -0.4 is 16.4 Å². The zero-order chi connectivity index (χ0) is 12.3. The fraction of sp³-hybridized carbons (Fsp3) is 0.455. The van der Waals surface area contributed by atoms with Gasteiger partial charge in [-0.05, 0) is 18.2 Å². The maximum atomic E-state index is 11.2. The molecule has 5 nitrogen and oxygen atoms in total. The van der Waals surface area contributed by atoms with Crippen molar-refractivity contribution in [3.8, 4) is 0 Å². The Hall–Kier alpha value is -1.43. The van der Waals surface area contributed by atoms with Gasteiger partial charge < -0.3 is 16.4 Å². The number of carbonyl (C=O) groups is 1. The number of thioether (sulfide) groups is 1. The maximum absolute atomic E-state index is 11.2. The molecule has 1 amide bonds. The van der Waals surface area contributed by atoms with Crippen molar-refractivity contribution < 1.29 is 4.79 Å². The molecule has 92 valence electrons. The number of carbonyl (C=O) groups excluding carboxylic acids is 1. The molecule has 6 heteroatoms. The number of rotatable bonds is 2. The molecule has 2 heterocycles. The maximum Gasteiger partial charge on any atom is 0.250 e. The van der Waals surface area contributed by atoms with E-state index < -0.39 is 5.91 Å². The molecule has 2 rings (SSSR count). The first kappa shape index (κ1) is 12.0. The highest BCUT2D eigenvalue weighted by molar-refractivity contribution is 7.99. The number of amides is 1. The van der Waals surface area contributed by atoms with Gasteiger partial charge in [0.15, 0.2) is 0 Å². The summed E-state index contributed by atoms with van der Waals surface area (Å²) < 4.78 is 0. The van der Waals surface area contributed by atoms with Crippen LogP contribution in [0.4, 0.5) is 11.5 Å². The lowest BCUT2D eigenvalue weighted by Crippen LogP contribution is -2.27. The summed E-state index contributed by atoms with van der Waals surface area (Å²) in [6.45, 7) is 1.90. The quantitative estimate of drug-likeness (QED) is 0.809. The van der Waals surface area contributed by atoms with Gasteiger partial charge in [0.2, 0.25) is 0 Å². The molecule has 17 heavy (non-hydrogen) atoms. The van der Waals surface area contributed by atoms with Crippen molar-refractivity contribution in [3.05, 3.63) is 17.8 Å². The molecule has 4 N–H and O–H groups in total. The molecule has 1 aliphatic heterocycles. The van der Waals surface area contributed by atoms with Crippen LogP contribution in [0.15, 0.2) is 12.3 Å². The summed E-state index contributed by atoms with van der Waals surface area (Å²) in [4.78, 5) is 17.7. The minimum Gasteiger partial charge on any atom is -0.397 e. The van der Waals surface area contributed by atoms with Gasteiger partial charge in [-0.15, -0.1) is 0 Å². The largest absolute Gasteiger partial charge is 0.397 e. The van der Waals surface area contributed by atoms with Gasteiger partial charge in [-0.2, -0.15) is 11.8 Å². The van der Waals surface area contributed by atoms with Gasteiger partial charge in [-0.25, -0.2) is 4.98 Å². The van der Waals surface area contributed by atoms with Gasteiger partial charge in [0.05, 0.1) is 17.4 Å². The smallest absolute Gasteiger partial charge is 0.250 e. The molecule has 0 aromatic carbocycles. The van der Waals surface area contributed by atoms with Crippen LogP contribution in [0.25, 0.3) is 0 Å². The average molecular weight is 252 g/mol. The third-order valence-corrected chi connectivity index (χ3v) is 3.78. The Bertz CT molecular complexity index is 416. The van der Waals surface area contributed by atoms with Gasteiger partial charge in [-0.1, -0.05) is 0 Å². The lowest BCUT2D eigenvalue weighted by Gasteiger charge is -2.21. The van der Waals surface area contributed by atoms with Gasteiger partial charge in [-0.3, -0.25) is 4.79 Å². The number of hydrogen-bond acceptors (Lipinski definition) is 5. The Balaban J connectivity index is 2.25. The summed E-state index contributed by atoms with van der Waals surface area (Å²) in [5.74, 6) is 2.54. The molecule has 0 saturated carbocycles. The third kappa shape index (κ3) is 2.82. The van der Waals surface area contributed by atoms with E-state index in [9.17, 15) is 4.79 Å². The van der Waals surface area contributed by atoms with Gasteiger partial charge in [0.25, 0.3) is 5.91 Å². The van der Waals surface area contributed by atoms with Gasteiger partial charge >= 0.3 is 0 Å². The lowest BCUT2D eigenvalue weighted by molar-refractivity contribution is 0.100. The zero-order valence-corrected chi connectivity index (χ0v) is 10.4. The predicted octanol–water partition coefficient (Wildman–Crippen LogP) is 0.706. The number of primary amides is 1. The number of anilines is 2. The second-order valence-corrected chi connectivity index (χ2v) is 5.17. The summed E-state index contributed by atoms with van der Waals surface area (Å²) in [5.41, 5.74) is 11.6. The average Bonchev–Trinajstić information content (AvgIpc) is 2.58. The first-order valence-electron chi connectivity index (χ1n) is 5.56. The number of nitrogens with zero attached hydrogens (tertiary/aromatic N) is 2. The van der Waals surface area contributed by atoms with Crippen molar-refractivity contribution in [2.45, 2.75) is 6.42 Å². The van der Waals surface area contributed by atoms with E-state index in [1.807, 2.05) is 11.8 Å². The molecule has 1 saturated heterocycles. The molecule has 1 aromatic rings. The highest BCUT2D eigenvalue weighted by Gasteiger charge is 2.14. The topological polar surface area (TPSA) is 85.2 Å². The second kappa shape index (κ2) is 5.27. The number of hydrogen-bond donors (Lipinski definition) is 2. The summed E-state index contributed by atoms with van der Waals surface area (Å²) in [7, 11) is 0. The molecule has 0 unspecified atom stereocenters. The molecule has 0 bridgehead atoms. The van der Waals surface area contributed by atoms with E-state index in [4.69, 9.17) is 11.5 Å². The highest BCUT2D eigenvalue weighted by atomic mass is 32.2. The van der Waals surface area contributed by atoms with E-state index in [-0.39, 0.29) is 0 Å². The van der Waals surface area contributed by atoms with Crippen molar-refractivity contribution in [2.24, 2.45) is 5.73 Å². The molecular formula is C11H16N4OS. The van der Waals surface area contributed by atoms with Crippen LogP contribution in [-0.2, 0) is 0 Å². The molecule has 0 aliphatic carbocycles. The standard InChI is InChI=1S/C11H16N4OS/c12-9-7-14-10(6-8(9)11(13)16)15-2-1-4-17-5-3-15/h6-7H,1-5,12H2,(H2,13,16). The van der Waals surface area contributed by atoms with E-state index in [0.29, 0.717) is 11.3 Å². The van der Waals surface area contributed by atoms with Gasteiger partial charge in [0, 0.05) is 18.8 Å².